The van der Waals surface area contributed by atoms with Crippen LogP contribution in [0.25, 0.3) is 0 Å². The van der Waals surface area contributed by atoms with E-state index in [2.05, 4.69) is 21.4 Å². The van der Waals surface area contributed by atoms with Gasteiger partial charge in [-0.1, -0.05) is 0 Å². The minimum atomic E-state index is -0.139. The predicted octanol–water partition coefficient (Wildman–Crippen LogP) is 0.470. The number of aryl methyl sites for hydroxylation is 1. The van der Waals surface area contributed by atoms with Crippen LogP contribution in [0.2, 0.25) is 0 Å². The minimum absolute atomic E-state index is 0.139. The van der Waals surface area contributed by atoms with Gasteiger partial charge in [0.25, 0.3) is 0 Å². The van der Waals surface area contributed by atoms with Gasteiger partial charge >= 0.3 is 0 Å². The third-order valence-corrected chi connectivity index (χ3v) is 2.75. The van der Waals surface area contributed by atoms with E-state index in [4.69, 9.17) is 0 Å². The topological polar surface area (TPSA) is 41.3 Å². The van der Waals surface area contributed by atoms with E-state index in [1.54, 1.807) is 0 Å². The summed E-state index contributed by atoms with van der Waals surface area (Å²) in [6, 6.07) is 0. The molecule has 78 valence electrons. The van der Waals surface area contributed by atoms with Crippen LogP contribution in [0, 0.1) is 0 Å². The van der Waals surface area contributed by atoms with Gasteiger partial charge in [-0.05, 0) is 13.3 Å². The van der Waals surface area contributed by atoms with E-state index in [9.17, 15) is 5.11 Å². The summed E-state index contributed by atoms with van der Waals surface area (Å²) in [6.45, 7) is 5.71. The summed E-state index contributed by atoms with van der Waals surface area (Å²) in [6.07, 6.45) is 4.60. The molecule has 1 N–H and O–H groups in total. The Balaban J connectivity index is 1.97. The Hall–Kier alpha value is -0.870. The molecule has 0 saturated carbocycles. The normalized spacial score (nSPS) is 23.1. The Bertz CT molecular complexity index is 297. The molecule has 1 unspecified atom stereocenters. The van der Waals surface area contributed by atoms with Gasteiger partial charge in [0.1, 0.15) is 5.82 Å². The Morgan fingerprint density at radius 3 is 3.14 bits per heavy atom. The third-order valence-electron chi connectivity index (χ3n) is 2.75. The van der Waals surface area contributed by atoms with Gasteiger partial charge in [0, 0.05) is 32.0 Å². The SMILES string of the molecule is CCn1ccnc1CN1CCC(O)C1. The first kappa shape index (κ1) is 9.68. The van der Waals surface area contributed by atoms with Crippen LogP contribution in [0.4, 0.5) is 0 Å². The van der Waals surface area contributed by atoms with Crippen molar-refractivity contribution in [3.63, 3.8) is 0 Å². The summed E-state index contributed by atoms with van der Waals surface area (Å²) in [7, 11) is 0. The second-order valence-electron chi connectivity index (χ2n) is 3.81. The maximum atomic E-state index is 9.39. The number of aliphatic hydroxyl groups is 1. The highest BCUT2D eigenvalue weighted by Gasteiger charge is 2.21. The molecule has 14 heavy (non-hydrogen) atoms. The standard InChI is InChI=1S/C10H17N3O/c1-2-13-6-4-11-10(13)8-12-5-3-9(14)7-12/h4,6,9,14H,2-3,5,7-8H2,1H3. The molecule has 0 spiro atoms. The van der Waals surface area contributed by atoms with E-state index >= 15 is 0 Å². The van der Waals surface area contributed by atoms with Gasteiger partial charge in [0.2, 0.25) is 0 Å². The van der Waals surface area contributed by atoms with Crippen LogP contribution in [-0.4, -0.2) is 38.8 Å². The molecule has 2 rings (SSSR count). The van der Waals surface area contributed by atoms with E-state index in [1.807, 2.05) is 12.4 Å². The lowest BCUT2D eigenvalue weighted by Gasteiger charge is -2.14. The molecular formula is C10H17N3O. The summed E-state index contributed by atoms with van der Waals surface area (Å²) in [5.41, 5.74) is 0. The Kier molecular flexibility index (Phi) is 2.84. The van der Waals surface area contributed by atoms with E-state index < -0.39 is 0 Å². The van der Waals surface area contributed by atoms with Crippen molar-refractivity contribution in [3.05, 3.63) is 18.2 Å². The average Bonchev–Trinajstić information content (AvgIpc) is 2.76. The molecule has 0 bridgehead atoms. The number of nitrogens with zero attached hydrogens (tertiary/aromatic N) is 3. The number of aromatic nitrogens is 2. The number of rotatable bonds is 3. The summed E-state index contributed by atoms with van der Waals surface area (Å²) in [5, 5.41) is 9.39. The zero-order valence-electron chi connectivity index (χ0n) is 8.56. The van der Waals surface area contributed by atoms with E-state index in [-0.39, 0.29) is 6.10 Å². The van der Waals surface area contributed by atoms with Crippen LogP contribution < -0.4 is 0 Å². The molecule has 4 heteroatoms. The van der Waals surface area contributed by atoms with Crippen molar-refractivity contribution in [2.75, 3.05) is 13.1 Å². The van der Waals surface area contributed by atoms with Crippen LogP contribution in [0.3, 0.4) is 0 Å². The monoisotopic (exact) mass is 195 g/mol. The summed E-state index contributed by atoms with van der Waals surface area (Å²) in [4.78, 5) is 6.56. The van der Waals surface area contributed by atoms with Gasteiger partial charge in [0.05, 0.1) is 12.6 Å². The molecule has 0 amide bonds. The van der Waals surface area contributed by atoms with Crippen molar-refractivity contribution in [1.82, 2.24) is 14.5 Å². The fourth-order valence-electron chi connectivity index (χ4n) is 1.94. The second-order valence-corrected chi connectivity index (χ2v) is 3.81. The highest BCUT2D eigenvalue weighted by molar-refractivity contribution is 4.93. The van der Waals surface area contributed by atoms with Gasteiger partial charge in [-0.2, -0.15) is 0 Å². The number of hydrogen-bond donors (Lipinski definition) is 1. The molecule has 1 aromatic rings. The zero-order chi connectivity index (χ0) is 9.97. The van der Waals surface area contributed by atoms with Crippen molar-refractivity contribution >= 4 is 0 Å². The first-order chi connectivity index (χ1) is 6.79. The van der Waals surface area contributed by atoms with Crippen LogP contribution in [0.1, 0.15) is 19.2 Å². The van der Waals surface area contributed by atoms with Gasteiger partial charge in [-0.3, -0.25) is 4.90 Å². The minimum Gasteiger partial charge on any atom is -0.392 e. The van der Waals surface area contributed by atoms with Gasteiger partial charge in [-0.15, -0.1) is 0 Å². The molecule has 1 aromatic heterocycles. The molecule has 0 radical (unpaired) electrons. The summed E-state index contributed by atoms with van der Waals surface area (Å²) < 4.78 is 2.14. The van der Waals surface area contributed by atoms with Gasteiger partial charge < -0.3 is 9.67 Å². The van der Waals surface area contributed by atoms with Crippen molar-refractivity contribution in [2.24, 2.45) is 0 Å². The van der Waals surface area contributed by atoms with E-state index in [1.165, 1.54) is 0 Å². The maximum Gasteiger partial charge on any atom is 0.122 e. The van der Waals surface area contributed by atoms with Gasteiger partial charge in [-0.25, -0.2) is 4.98 Å². The van der Waals surface area contributed by atoms with Crippen LogP contribution in [-0.2, 0) is 13.1 Å². The largest absolute Gasteiger partial charge is 0.392 e. The smallest absolute Gasteiger partial charge is 0.122 e. The van der Waals surface area contributed by atoms with Crippen LogP contribution in [0.5, 0.6) is 0 Å². The molecule has 1 aliphatic heterocycles. The quantitative estimate of drug-likeness (QED) is 0.762. The lowest BCUT2D eigenvalue weighted by molar-refractivity contribution is 0.173. The summed E-state index contributed by atoms with van der Waals surface area (Å²) >= 11 is 0. The Morgan fingerprint density at radius 2 is 2.50 bits per heavy atom. The first-order valence-corrected chi connectivity index (χ1v) is 5.20. The third kappa shape index (κ3) is 1.96. The molecule has 1 atom stereocenters. The number of β-amino-alcohol motifs (C(OH)–C–C–N with tert-alkyl or cyclic N) is 1. The van der Waals surface area contributed by atoms with Crippen molar-refractivity contribution in [1.29, 1.82) is 0 Å². The maximum absolute atomic E-state index is 9.39. The fourth-order valence-corrected chi connectivity index (χ4v) is 1.94. The summed E-state index contributed by atoms with van der Waals surface area (Å²) in [5.74, 6) is 1.10. The van der Waals surface area contributed by atoms with Crippen molar-refractivity contribution in [3.8, 4) is 0 Å². The highest BCUT2D eigenvalue weighted by Crippen LogP contribution is 2.12. The number of hydrogen-bond acceptors (Lipinski definition) is 3. The van der Waals surface area contributed by atoms with Gasteiger partial charge in [0.15, 0.2) is 0 Å². The molecule has 1 aliphatic rings. The molecule has 1 saturated heterocycles. The zero-order valence-corrected chi connectivity index (χ0v) is 8.56. The van der Waals surface area contributed by atoms with E-state index in [0.29, 0.717) is 0 Å². The molecular weight excluding hydrogens is 178 g/mol. The number of aliphatic hydroxyl groups excluding tert-OH is 1. The lowest BCUT2D eigenvalue weighted by Crippen LogP contribution is -2.23. The molecule has 0 aliphatic carbocycles. The lowest BCUT2D eigenvalue weighted by atomic mass is 10.3. The Labute approximate surface area is 84.2 Å². The second kappa shape index (κ2) is 4.11. The van der Waals surface area contributed by atoms with E-state index in [0.717, 1.165) is 38.4 Å². The fraction of sp³-hybridized carbons (Fsp3) is 0.700. The predicted molar refractivity (Wildman–Crippen MR) is 53.8 cm³/mol. The van der Waals surface area contributed by atoms with Crippen LogP contribution >= 0.6 is 0 Å². The molecule has 1 fully saturated rings. The number of likely N-dealkylation sites (tertiary alicyclic amines) is 1. The van der Waals surface area contributed by atoms with Crippen molar-refractivity contribution < 1.29 is 5.11 Å². The average molecular weight is 195 g/mol. The Morgan fingerprint density at radius 1 is 1.64 bits per heavy atom. The molecule has 4 nitrogen and oxygen atoms in total. The molecule has 0 aromatic carbocycles. The first-order valence-electron chi connectivity index (χ1n) is 5.20. The highest BCUT2D eigenvalue weighted by atomic mass is 16.3. The van der Waals surface area contributed by atoms with Crippen molar-refractivity contribution in [2.45, 2.75) is 32.5 Å². The van der Waals surface area contributed by atoms with Crippen LogP contribution in [0.15, 0.2) is 12.4 Å². The molecule has 2 heterocycles. The number of imidazole rings is 1.